The fourth-order valence-corrected chi connectivity index (χ4v) is 4.04. The molecule has 1 aromatic carbocycles. The van der Waals surface area contributed by atoms with E-state index in [1.54, 1.807) is 41.5 Å². The van der Waals surface area contributed by atoms with E-state index in [0.29, 0.717) is 33.0 Å². The van der Waals surface area contributed by atoms with Crippen LogP contribution in [0.3, 0.4) is 0 Å². The lowest BCUT2D eigenvalue weighted by Gasteiger charge is -2.22. The molecule has 16 heteroatoms. The van der Waals surface area contributed by atoms with Crippen molar-refractivity contribution in [1.29, 1.82) is 0 Å². The molecule has 1 aliphatic heterocycles. The zero-order valence-electron chi connectivity index (χ0n) is 28.7. The predicted octanol–water partition coefficient (Wildman–Crippen LogP) is 2.82. The van der Waals surface area contributed by atoms with Crippen LogP contribution < -0.4 is 21.3 Å². The van der Waals surface area contributed by atoms with Gasteiger partial charge in [-0.25, -0.2) is 9.59 Å². The molecule has 0 saturated carbocycles. The Morgan fingerprint density at radius 3 is 1.69 bits per heavy atom. The van der Waals surface area contributed by atoms with Crippen LogP contribution in [0, 0.1) is 0 Å². The SMILES string of the molecule is CC(C)(C)OC(=O)Nc1ccc(C(=O)NCCOCCOCCOCCNC(=O)CCN2C(=O)CCC2=O)cc1NC(=O)OC(C)(C)C. The van der Waals surface area contributed by atoms with Gasteiger partial charge in [0.15, 0.2) is 0 Å². The van der Waals surface area contributed by atoms with Gasteiger partial charge in [-0.3, -0.25) is 34.7 Å². The minimum Gasteiger partial charge on any atom is -0.444 e. The molecule has 48 heavy (non-hydrogen) atoms. The Morgan fingerprint density at radius 2 is 1.17 bits per heavy atom. The molecule has 0 radical (unpaired) electrons. The van der Waals surface area contributed by atoms with Gasteiger partial charge in [0.25, 0.3) is 5.91 Å². The molecule has 16 nitrogen and oxygen atoms in total. The number of likely N-dealkylation sites (tertiary alicyclic amines) is 1. The second-order valence-electron chi connectivity index (χ2n) is 12.6. The number of hydrogen-bond acceptors (Lipinski definition) is 11. The molecule has 2 rings (SSSR count). The Bertz CT molecular complexity index is 1260. The summed E-state index contributed by atoms with van der Waals surface area (Å²) in [6, 6.07) is 4.39. The Morgan fingerprint density at radius 1 is 0.688 bits per heavy atom. The predicted molar refractivity (Wildman–Crippen MR) is 175 cm³/mol. The molecule has 0 aromatic heterocycles. The summed E-state index contributed by atoms with van der Waals surface area (Å²) in [7, 11) is 0. The van der Waals surface area contributed by atoms with E-state index in [2.05, 4.69) is 21.3 Å². The summed E-state index contributed by atoms with van der Waals surface area (Å²) in [6.07, 6.45) is -1.03. The van der Waals surface area contributed by atoms with Gasteiger partial charge in [0.1, 0.15) is 11.2 Å². The maximum Gasteiger partial charge on any atom is 0.412 e. The number of amides is 6. The molecule has 268 valence electrons. The van der Waals surface area contributed by atoms with Crippen molar-refractivity contribution in [2.45, 2.75) is 72.0 Å². The summed E-state index contributed by atoms with van der Waals surface area (Å²) in [5.41, 5.74) is -0.906. The number of carbonyl (C=O) groups excluding carboxylic acids is 6. The monoisotopic (exact) mass is 679 g/mol. The minimum atomic E-state index is -0.763. The Kier molecular flexibility index (Phi) is 16.2. The first-order valence-corrected chi connectivity index (χ1v) is 15.8. The van der Waals surface area contributed by atoms with Gasteiger partial charge < -0.3 is 34.3 Å². The van der Waals surface area contributed by atoms with E-state index < -0.39 is 29.3 Å². The van der Waals surface area contributed by atoms with Gasteiger partial charge in [0.2, 0.25) is 17.7 Å². The van der Waals surface area contributed by atoms with Crippen molar-refractivity contribution in [3.05, 3.63) is 23.8 Å². The first-order chi connectivity index (χ1) is 22.5. The van der Waals surface area contributed by atoms with E-state index in [-0.39, 0.29) is 80.2 Å². The summed E-state index contributed by atoms with van der Waals surface area (Å²) in [5, 5.41) is 10.6. The fourth-order valence-electron chi connectivity index (χ4n) is 4.04. The number of nitrogens with zero attached hydrogens (tertiary/aromatic N) is 1. The molecule has 1 heterocycles. The highest BCUT2D eigenvalue weighted by molar-refractivity contribution is 6.02. The third-order valence-corrected chi connectivity index (χ3v) is 6.11. The first-order valence-electron chi connectivity index (χ1n) is 15.8. The highest BCUT2D eigenvalue weighted by atomic mass is 16.6. The first kappa shape index (κ1) is 39.9. The number of nitrogens with one attached hydrogen (secondary N) is 4. The van der Waals surface area contributed by atoms with Crippen molar-refractivity contribution in [3.8, 4) is 0 Å². The van der Waals surface area contributed by atoms with E-state index in [1.165, 1.54) is 18.2 Å². The highest BCUT2D eigenvalue weighted by Gasteiger charge is 2.28. The lowest BCUT2D eigenvalue weighted by molar-refractivity contribution is -0.138. The van der Waals surface area contributed by atoms with Gasteiger partial charge >= 0.3 is 12.2 Å². The molecular weight excluding hydrogens is 630 g/mol. The van der Waals surface area contributed by atoms with E-state index in [9.17, 15) is 28.8 Å². The van der Waals surface area contributed by atoms with Crippen molar-refractivity contribution in [1.82, 2.24) is 15.5 Å². The van der Waals surface area contributed by atoms with Crippen LogP contribution in [-0.2, 0) is 38.1 Å². The van der Waals surface area contributed by atoms with Crippen LogP contribution in [0.15, 0.2) is 18.2 Å². The number of rotatable bonds is 18. The quantitative estimate of drug-likeness (QED) is 0.131. The van der Waals surface area contributed by atoms with Gasteiger partial charge in [0.05, 0.1) is 51.0 Å². The number of carbonyl (C=O) groups is 6. The normalized spacial score (nSPS) is 13.2. The summed E-state index contributed by atoms with van der Waals surface area (Å²) in [4.78, 5) is 73.6. The van der Waals surface area contributed by atoms with Crippen LogP contribution in [0.1, 0.15) is 71.2 Å². The number of ether oxygens (including phenoxy) is 5. The largest absolute Gasteiger partial charge is 0.444 e. The number of anilines is 2. The van der Waals surface area contributed by atoms with E-state index in [1.807, 2.05) is 0 Å². The Hall–Kier alpha value is -4.28. The lowest BCUT2D eigenvalue weighted by Crippen LogP contribution is -2.35. The van der Waals surface area contributed by atoms with Crippen LogP contribution in [-0.4, -0.2) is 111 Å². The average molecular weight is 680 g/mol. The summed E-state index contributed by atoms with van der Waals surface area (Å²) in [5.74, 6) is -1.17. The van der Waals surface area contributed by atoms with Crippen LogP contribution in [0.5, 0.6) is 0 Å². The van der Waals surface area contributed by atoms with Crippen molar-refractivity contribution in [3.63, 3.8) is 0 Å². The highest BCUT2D eigenvalue weighted by Crippen LogP contribution is 2.25. The van der Waals surface area contributed by atoms with Gasteiger partial charge in [-0.15, -0.1) is 0 Å². The summed E-state index contributed by atoms with van der Waals surface area (Å²) in [6.45, 7) is 12.7. The van der Waals surface area contributed by atoms with Crippen molar-refractivity contribution in [2.24, 2.45) is 0 Å². The molecule has 1 saturated heterocycles. The van der Waals surface area contributed by atoms with Crippen LogP contribution in [0.25, 0.3) is 0 Å². The molecule has 0 bridgehead atoms. The molecule has 0 atom stereocenters. The van der Waals surface area contributed by atoms with E-state index in [4.69, 9.17) is 23.7 Å². The third-order valence-electron chi connectivity index (χ3n) is 6.11. The lowest BCUT2D eigenvalue weighted by atomic mass is 10.1. The molecule has 1 fully saturated rings. The van der Waals surface area contributed by atoms with Crippen LogP contribution >= 0.6 is 0 Å². The maximum atomic E-state index is 12.8. The van der Waals surface area contributed by atoms with E-state index >= 15 is 0 Å². The van der Waals surface area contributed by atoms with Gasteiger partial charge in [-0.1, -0.05) is 0 Å². The zero-order valence-corrected chi connectivity index (χ0v) is 28.7. The molecular formula is C32H49N5O11. The topological polar surface area (TPSA) is 200 Å². The van der Waals surface area contributed by atoms with Crippen molar-refractivity contribution in [2.75, 3.05) is 69.9 Å². The second kappa shape index (κ2) is 19.5. The minimum absolute atomic E-state index is 0.0563. The molecule has 4 N–H and O–H groups in total. The van der Waals surface area contributed by atoms with Crippen molar-refractivity contribution < 1.29 is 52.5 Å². The maximum absolute atomic E-state index is 12.8. The third kappa shape index (κ3) is 16.5. The molecule has 0 unspecified atom stereocenters. The van der Waals surface area contributed by atoms with Gasteiger partial charge in [0, 0.05) is 44.5 Å². The molecule has 6 amide bonds. The van der Waals surface area contributed by atoms with Crippen LogP contribution in [0.2, 0.25) is 0 Å². The zero-order chi connectivity index (χ0) is 35.7. The fraction of sp³-hybridized carbons (Fsp3) is 0.625. The van der Waals surface area contributed by atoms with Gasteiger partial charge in [-0.05, 0) is 59.7 Å². The molecule has 1 aromatic rings. The Balaban J connectivity index is 1.62. The standard InChI is InChI=1S/C32H49N5O11/c1-31(2,3)47-29(42)35-23-8-7-22(21-24(23)36-30(43)48-32(4,5)6)28(41)34-13-16-45-18-20-46-19-17-44-15-12-33-25(38)11-14-37-26(39)9-10-27(37)40/h7-8,21H,9-20H2,1-6H3,(H,33,38)(H,34,41)(H,35,42)(H,36,43). The number of benzene rings is 1. The van der Waals surface area contributed by atoms with E-state index in [0.717, 1.165) is 4.90 Å². The molecule has 0 aliphatic carbocycles. The molecule has 0 spiro atoms. The second-order valence-corrected chi connectivity index (χ2v) is 12.6. The molecule has 1 aliphatic rings. The van der Waals surface area contributed by atoms with Gasteiger partial charge in [-0.2, -0.15) is 0 Å². The average Bonchev–Trinajstić information content (AvgIpc) is 3.29. The van der Waals surface area contributed by atoms with Crippen molar-refractivity contribution >= 4 is 47.2 Å². The number of hydrogen-bond donors (Lipinski definition) is 4. The number of imide groups is 1. The Labute approximate surface area is 280 Å². The smallest absolute Gasteiger partial charge is 0.412 e. The summed E-state index contributed by atoms with van der Waals surface area (Å²) < 4.78 is 26.9. The summed E-state index contributed by atoms with van der Waals surface area (Å²) >= 11 is 0. The van der Waals surface area contributed by atoms with Crippen LogP contribution in [0.4, 0.5) is 21.0 Å².